The number of halogens is 2. The topological polar surface area (TPSA) is 37.0 Å². The molecule has 0 spiro atoms. The molecule has 0 aromatic carbocycles. The van der Waals surface area contributed by atoms with Crippen LogP contribution in [0.25, 0.3) is 0 Å². The van der Waals surface area contributed by atoms with Crippen LogP contribution >= 0.6 is 23.2 Å². The maximum atomic E-state index is 6.26. The van der Waals surface area contributed by atoms with E-state index in [0.29, 0.717) is 21.3 Å². The summed E-state index contributed by atoms with van der Waals surface area (Å²) < 4.78 is 0. The van der Waals surface area contributed by atoms with Crippen molar-refractivity contribution in [1.82, 2.24) is 4.98 Å². The highest BCUT2D eigenvalue weighted by atomic mass is 35.5. The third kappa shape index (κ3) is 4.65. The van der Waals surface area contributed by atoms with Crippen LogP contribution in [-0.4, -0.2) is 18.1 Å². The van der Waals surface area contributed by atoms with Gasteiger partial charge in [-0.2, -0.15) is 0 Å². The van der Waals surface area contributed by atoms with Gasteiger partial charge in [-0.3, -0.25) is 0 Å². The largest absolute Gasteiger partial charge is 0.369 e. The summed E-state index contributed by atoms with van der Waals surface area (Å²) in [7, 11) is 0. The van der Waals surface area contributed by atoms with Gasteiger partial charge in [-0.1, -0.05) is 56.3 Å². The number of nitrogens with one attached hydrogen (secondary N) is 2. The Balaban J connectivity index is 2.04. The summed E-state index contributed by atoms with van der Waals surface area (Å²) in [6.07, 6.45) is 7.58. The maximum Gasteiger partial charge on any atom is 0.147 e. The highest BCUT2D eigenvalue weighted by Crippen LogP contribution is 2.37. The predicted molar refractivity (Wildman–Crippen MR) is 92.7 cm³/mol. The second-order valence-corrected chi connectivity index (χ2v) is 7.12. The molecule has 1 aromatic rings. The zero-order valence-electron chi connectivity index (χ0n) is 12.9. The molecular formula is C16H25Cl2N3. The molecule has 1 aromatic heterocycles. The number of pyridine rings is 1. The molecule has 0 atom stereocenters. The van der Waals surface area contributed by atoms with E-state index in [1.807, 2.05) is 0 Å². The zero-order chi connectivity index (χ0) is 15.3. The molecule has 1 fully saturated rings. The van der Waals surface area contributed by atoms with Crippen LogP contribution < -0.4 is 10.6 Å². The predicted octanol–water partition coefficient (Wildman–Crippen LogP) is 5.59. The van der Waals surface area contributed by atoms with Crippen molar-refractivity contribution in [3.63, 3.8) is 0 Å². The second kappa shape index (κ2) is 7.55. The molecule has 1 aliphatic carbocycles. The average Bonchev–Trinajstić information content (AvgIpc) is 2.46. The summed E-state index contributed by atoms with van der Waals surface area (Å²) >= 11 is 12.4. The fraction of sp³-hybridized carbons (Fsp3) is 0.688. The third-order valence-corrected chi connectivity index (χ3v) is 4.79. The number of hydrogen-bond donors (Lipinski definition) is 2. The van der Waals surface area contributed by atoms with Gasteiger partial charge in [0.05, 0.1) is 10.0 Å². The summed E-state index contributed by atoms with van der Waals surface area (Å²) in [6.45, 7) is 6.22. The van der Waals surface area contributed by atoms with Gasteiger partial charge in [0.15, 0.2) is 0 Å². The van der Waals surface area contributed by atoms with Crippen molar-refractivity contribution in [3.05, 3.63) is 16.1 Å². The zero-order valence-corrected chi connectivity index (χ0v) is 14.4. The van der Waals surface area contributed by atoms with Crippen LogP contribution in [0, 0.1) is 5.41 Å². The van der Waals surface area contributed by atoms with E-state index in [9.17, 15) is 0 Å². The van der Waals surface area contributed by atoms with E-state index in [1.165, 1.54) is 32.1 Å². The summed E-state index contributed by atoms with van der Waals surface area (Å²) in [4.78, 5) is 4.54. The van der Waals surface area contributed by atoms with Gasteiger partial charge in [-0.15, -0.1) is 0 Å². The molecule has 5 heteroatoms. The van der Waals surface area contributed by atoms with Crippen LogP contribution in [-0.2, 0) is 0 Å². The van der Waals surface area contributed by atoms with E-state index >= 15 is 0 Å². The van der Waals surface area contributed by atoms with Crippen molar-refractivity contribution in [2.24, 2.45) is 5.41 Å². The molecule has 0 saturated heterocycles. The van der Waals surface area contributed by atoms with Crippen molar-refractivity contribution >= 4 is 34.8 Å². The summed E-state index contributed by atoms with van der Waals surface area (Å²) in [6, 6.07) is 1.76. The molecule has 118 valence electrons. The SMILES string of the molecule is CCCNc1nc(NCC2(C)CCCCC2)c(Cl)cc1Cl. The molecule has 1 saturated carbocycles. The van der Waals surface area contributed by atoms with Crippen LogP contribution in [0.15, 0.2) is 6.07 Å². The first kappa shape index (κ1) is 16.7. The minimum Gasteiger partial charge on any atom is -0.369 e. The van der Waals surface area contributed by atoms with Gasteiger partial charge in [0.2, 0.25) is 0 Å². The Kier molecular flexibility index (Phi) is 6.00. The Labute approximate surface area is 137 Å². The lowest BCUT2D eigenvalue weighted by Crippen LogP contribution is -2.29. The van der Waals surface area contributed by atoms with Gasteiger partial charge in [-0.05, 0) is 30.7 Å². The molecule has 0 unspecified atom stereocenters. The Bertz CT molecular complexity index is 471. The highest BCUT2D eigenvalue weighted by molar-refractivity contribution is 6.37. The van der Waals surface area contributed by atoms with Gasteiger partial charge < -0.3 is 10.6 Å². The average molecular weight is 330 g/mol. The van der Waals surface area contributed by atoms with Gasteiger partial charge in [0, 0.05) is 13.1 Å². The van der Waals surface area contributed by atoms with E-state index < -0.39 is 0 Å². The van der Waals surface area contributed by atoms with Gasteiger partial charge in [0.25, 0.3) is 0 Å². The first-order valence-corrected chi connectivity index (χ1v) is 8.63. The van der Waals surface area contributed by atoms with Crippen LogP contribution in [0.1, 0.15) is 52.4 Å². The lowest BCUT2D eigenvalue weighted by Gasteiger charge is -2.34. The van der Waals surface area contributed by atoms with E-state index in [1.54, 1.807) is 6.07 Å². The quantitative estimate of drug-likeness (QED) is 0.713. The van der Waals surface area contributed by atoms with E-state index in [-0.39, 0.29) is 0 Å². The van der Waals surface area contributed by atoms with Crippen LogP contribution in [0.2, 0.25) is 10.0 Å². The summed E-state index contributed by atoms with van der Waals surface area (Å²) in [5, 5.41) is 7.82. The molecule has 21 heavy (non-hydrogen) atoms. The molecule has 1 aliphatic rings. The molecule has 2 rings (SSSR count). The number of hydrogen-bond acceptors (Lipinski definition) is 3. The molecular weight excluding hydrogens is 305 g/mol. The fourth-order valence-electron chi connectivity index (χ4n) is 2.84. The van der Waals surface area contributed by atoms with Crippen molar-refractivity contribution in [2.75, 3.05) is 23.7 Å². The molecule has 0 radical (unpaired) electrons. The fourth-order valence-corrected chi connectivity index (χ4v) is 3.33. The van der Waals surface area contributed by atoms with E-state index in [2.05, 4.69) is 29.5 Å². The molecule has 3 nitrogen and oxygen atoms in total. The van der Waals surface area contributed by atoms with Crippen LogP contribution in [0.5, 0.6) is 0 Å². The third-order valence-electron chi connectivity index (χ3n) is 4.22. The smallest absolute Gasteiger partial charge is 0.147 e. The lowest BCUT2D eigenvalue weighted by atomic mass is 9.76. The Morgan fingerprint density at radius 2 is 1.71 bits per heavy atom. The van der Waals surface area contributed by atoms with Gasteiger partial charge >= 0.3 is 0 Å². The minimum absolute atomic E-state index is 0.347. The van der Waals surface area contributed by atoms with Gasteiger partial charge in [-0.25, -0.2) is 4.98 Å². The first-order chi connectivity index (χ1) is 10.0. The maximum absolute atomic E-state index is 6.26. The number of nitrogens with zero attached hydrogens (tertiary/aromatic N) is 1. The van der Waals surface area contributed by atoms with Crippen molar-refractivity contribution in [1.29, 1.82) is 0 Å². The number of rotatable bonds is 6. The summed E-state index contributed by atoms with van der Waals surface area (Å²) in [5.74, 6) is 1.44. The molecule has 1 heterocycles. The van der Waals surface area contributed by atoms with Crippen molar-refractivity contribution < 1.29 is 0 Å². The van der Waals surface area contributed by atoms with Gasteiger partial charge in [0.1, 0.15) is 11.6 Å². The number of anilines is 2. The summed E-state index contributed by atoms with van der Waals surface area (Å²) in [5.41, 5.74) is 0.347. The lowest BCUT2D eigenvalue weighted by molar-refractivity contribution is 0.233. The van der Waals surface area contributed by atoms with Crippen molar-refractivity contribution in [2.45, 2.75) is 52.4 Å². The van der Waals surface area contributed by atoms with Crippen LogP contribution in [0.4, 0.5) is 11.6 Å². The highest BCUT2D eigenvalue weighted by Gasteiger charge is 2.26. The number of aromatic nitrogens is 1. The normalized spacial score (nSPS) is 17.5. The second-order valence-electron chi connectivity index (χ2n) is 6.30. The van der Waals surface area contributed by atoms with Crippen LogP contribution in [0.3, 0.4) is 0 Å². The molecule has 0 aliphatic heterocycles. The van der Waals surface area contributed by atoms with E-state index in [0.717, 1.165) is 25.3 Å². The van der Waals surface area contributed by atoms with Crippen molar-refractivity contribution in [3.8, 4) is 0 Å². The first-order valence-electron chi connectivity index (χ1n) is 7.88. The Morgan fingerprint density at radius 1 is 1.10 bits per heavy atom. The minimum atomic E-state index is 0.347. The van der Waals surface area contributed by atoms with E-state index in [4.69, 9.17) is 23.2 Å². The standard InChI is InChI=1S/C16H25Cl2N3/c1-3-9-19-14-12(17)10-13(18)15(21-14)20-11-16(2)7-5-4-6-8-16/h10H,3-9,11H2,1-2H3,(H2,19,20,21). The Morgan fingerprint density at radius 3 is 2.33 bits per heavy atom. The Hall–Kier alpha value is -0.670. The monoisotopic (exact) mass is 329 g/mol. The molecule has 2 N–H and O–H groups in total. The molecule has 0 bridgehead atoms. The molecule has 0 amide bonds.